The first kappa shape index (κ1) is 17.8. The predicted octanol–water partition coefficient (Wildman–Crippen LogP) is 3.31. The summed E-state index contributed by atoms with van der Waals surface area (Å²) in [6, 6.07) is 19.6. The van der Waals surface area contributed by atoms with E-state index < -0.39 is 0 Å². The van der Waals surface area contributed by atoms with Gasteiger partial charge in [-0.2, -0.15) is 5.26 Å². The largest absolute Gasteiger partial charge is 0.386 e. The van der Waals surface area contributed by atoms with Crippen molar-refractivity contribution in [2.45, 2.75) is 13.0 Å². The minimum atomic E-state index is -0.366. The molecule has 4 nitrogen and oxygen atoms in total. The molecule has 0 spiro atoms. The number of carbonyl (C=O) groups is 1. The molecule has 2 aromatic rings. The molecule has 122 valence electrons. The van der Waals surface area contributed by atoms with Crippen molar-refractivity contribution in [2.24, 2.45) is 0 Å². The van der Waals surface area contributed by atoms with Crippen LogP contribution < -0.4 is 10.6 Å². The molecule has 5 heteroatoms. The Bertz CT molecular complexity index is 751. The lowest BCUT2D eigenvalue weighted by Crippen LogP contribution is -2.27. The fraction of sp³-hybridized carbons (Fsp3) is 0.158. The maximum absolute atomic E-state index is 12.0. The zero-order chi connectivity index (χ0) is 17.2. The highest BCUT2D eigenvalue weighted by atomic mass is 79.9. The van der Waals surface area contributed by atoms with Gasteiger partial charge in [0.05, 0.1) is 0 Å². The molecule has 0 aliphatic rings. The summed E-state index contributed by atoms with van der Waals surface area (Å²) in [7, 11) is 0. The number of nitrogens with one attached hydrogen (secondary N) is 2. The maximum atomic E-state index is 12.0. The van der Waals surface area contributed by atoms with Gasteiger partial charge in [0.1, 0.15) is 11.6 Å². The van der Waals surface area contributed by atoms with Crippen molar-refractivity contribution < 1.29 is 4.79 Å². The van der Waals surface area contributed by atoms with E-state index in [1.54, 1.807) is 0 Å². The van der Waals surface area contributed by atoms with Crippen LogP contribution in [0.1, 0.15) is 11.1 Å². The Labute approximate surface area is 150 Å². The molecule has 0 radical (unpaired) electrons. The minimum absolute atomic E-state index is 0.0676. The van der Waals surface area contributed by atoms with Crippen LogP contribution in [0.2, 0.25) is 0 Å². The molecule has 2 aromatic carbocycles. The van der Waals surface area contributed by atoms with Crippen molar-refractivity contribution in [1.82, 2.24) is 10.6 Å². The fourth-order valence-electron chi connectivity index (χ4n) is 2.13. The molecule has 0 heterocycles. The molecular formula is C19H18BrN3O. The number of rotatable bonds is 7. The van der Waals surface area contributed by atoms with Crippen LogP contribution in [0.25, 0.3) is 0 Å². The smallest absolute Gasteiger partial charge is 0.263 e. The number of nitrogens with zero attached hydrogens (tertiary/aromatic N) is 1. The lowest BCUT2D eigenvalue weighted by molar-refractivity contribution is -0.117. The Balaban J connectivity index is 1.81. The van der Waals surface area contributed by atoms with Gasteiger partial charge in [0, 0.05) is 23.8 Å². The molecule has 0 aliphatic carbocycles. The van der Waals surface area contributed by atoms with Crippen molar-refractivity contribution in [1.29, 1.82) is 5.26 Å². The summed E-state index contributed by atoms with van der Waals surface area (Å²) in [6.07, 6.45) is 2.19. The number of carbonyl (C=O) groups excluding carboxylic acids is 1. The van der Waals surface area contributed by atoms with Gasteiger partial charge in [-0.25, -0.2) is 0 Å². The van der Waals surface area contributed by atoms with Crippen molar-refractivity contribution in [3.63, 3.8) is 0 Å². The summed E-state index contributed by atoms with van der Waals surface area (Å²) in [5.74, 6) is -0.366. The molecule has 0 bridgehead atoms. The number of halogens is 1. The van der Waals surface area contributed by atoms with Gasteiger partial charge in [-0.3, -0.25) is 4.79 Å². The van der Waals surface area contributed by atoms with Crippen LogP contribution in [-0.4, -0.2) is 12.5 Å². The van der Waals surface area contributed by atoms with Crippen molar-refractivity contribution >= 4 is 21.8 Å². The van der Waals surface area contributed by atoms with E-state index in [4.69, 9.17) is 5.26 Å². The number of amides is 1. The van der Waals surface area contributed by atoms with E-state index in [1.807, 2.05) is 60.7 Å². The average molecular weight is 384 g/mol. The van der Waals surface area contributed by atoms with Crippen LogP contribution >= 0.6 is 15.9 Å². The molecule has 2 N–H and O–H groups in total. The molecule has 2 rings (SSSR count). The Morgan fingerprint density at radius 2 is 1.88 bits per heavy atom. The first-order chi connectivity index (χ1) is 11.7. The van der Waals surface area contributed by atoms with E-state index in [0.29, 0.717) is 13.1 Å². The number of benzene rings is 2. The Morgan fingerprint density at radius 1 is 1.12 bits per heavy atom. The normalized spacial score (nSPS) is 10.8. The summed E-state index contributed by atoms with van der Waals surface area (Å²) in [4.78, 5) is 12.0. The first-order valence-electron chi connectivity index (χ1n) is 7.59. The average Bonchev–Trinajstić information content (AvgIpc) is 2.59. The summed E-state index contributed by atoms with van der Waals surface area (Å²) < 4.78 is 0.991. The topological polar surface area (TPSA) is 64.9 Å². The Morgan fingerprint density at radius 3 is 2.58 bits per heavy atom. The molecular weight excluding hydrogens is 366 g/mol. The van der Waals surface area contributed by atoms with E-state index in [2.05, 4.69) is 26.6 Å². The van der Waals surface area contributed by atoms with Gasteiger partial charge >= 0.3 is 0 Å². The zero-order valence-corrected chi connectivity index (χ0v) is 14.7. The summed E-state index contributed by atoms with van der Waals surface area (Å²) in [6.45, 7) is 1.04. The van der Waals surface area contributed by atoms with Gasteiger partial charge in [0.2, 0.25) is 0 Å². The third kappa shape index (κ3) is 5.90. The molecule has 0 aromatic heterocycles. The third-order valence-electron chi connectivity index (χ3n) is 3.35. The Kier molecular flexibility index (Phi) is 7.06. The van der Waals surface area contributed by atoms with Gasteiger partial charge in [0.15, 0.2) is 0 Å². The summed E-state index contributed by atoms with van der Waals surface area (Å²) in [5.41, 5.74) is 2.27. The fourth-order valence-corrected chi connectivity index (χ4v) is 2.57. The van der Waals surface area contributed by atoms with E-state index in [1.165, 1.54) is 6.20 Å². The van der Waals surface area contributed by atoms with Crippen LogP contribution in [0.4, 0.5) is 0 Å². The van der Waals surface area contributed by atoms with E-state index in [-0.39, 0.29) is 11.5 Å². The Hall–Kier alpha value is -2.58. The van der Waals surface area contributed by atoms with E-state index >= 15 is 0 Å². The standard InChI is InChI=1S/C19H18BrN3O/c20-18-8-4-7-16(11-18)13-22-14-17(12-21)19(24)23-10-9-15-5-2-1-3-6-15/h1-8,11,14,22H,9-10,13H2,(H,23,24)/b17-14-. The molecule has 1 amide bonds. The van der Waals surface area contributed by atoms with Gasteiger partial charge in [-0.1, -0.05) is 58.4 Å². The quantitative estimate of drug-likeness (QED) is 0.569. The predicted molar refractivity (Wildman–Crippen MR) is 97.8 cm³/mol. The number of hydrogen-bond donors (Lipinski definition) is 2. The molecule has 0 saturated heterocycles. The van der Waals surface area contributed by atoms with Crippen LogP contribution in [-0.2, 0) is 17.8 Å². The molecule has 0 fully saturated rings. The van der Waals surface area contributed by atoms with Crippen LogP contribution in [0.15, 0.2) is 70.8 Å². The van der Waals surface area contributed by atoms with Gasteiger partial charge < -0.3 is 10.6 Å². The van der Waals surface area contributed by atoms with Crippen molar-refractivity contribution in [3.05, 3.63) is 82.0 Å². The zero-order valence-electron chi connectivity index (χ0n) is 13.1. The second-order valence-electron chi connectivity index (χ2n) is 5.17. The van der Waals surface area contributed by atoms with Crippen LogP contribution in [0.3, 0.4) is 0 Å². The highest BCUT2D eigenvalue weighted by Crippen LogP contribution is 2.11. The van der Waals surface area contributed by atoms with Crippen LogP contribution in [0, 0.1) is 11.3 Å². The van der Waals surface area contributed by atoms with Gasteiger partial charge in [0.25, 0.3) is 5.91 Å². The number of hydrogen-bond acceptors (Lipinski definition) is 3. The molecule has 0 atom stereocenters. The van der Waals surface area contributed by atoms with Crippen molar-refractivity contribution in [3.8, 4) is 6.07 Å². The summed E-state index contributed by atoms with van der Waals surface area (Å²) in [5, 5.41) is 14.9. The second kappa shape index (κ2) is 9.53. The molecule has 0 unspecified atom stereocenters. The summed E-state index contributed by atoms with van der Waals surface area (Å²) >= 11 is 3.41. The second-order valence-corrected chi connectivity index (χ2v) is 6.09. The minimum Gasteiger partial charge on any atom is -0.386 e. The van der Waals surface area contributed by atoms with Gasteiger partial charge in [-0.05, 0) is 29.7 Å². The SMILES string of the molecule is N#C/C(=C/NCc1cccc(Br)c1)C(=O)NCCc1ccccc1. The highest BCUT2D eigenvalue weighted by molar-refractivity contribution is 9.10. The molecule has 0 aliphatic heterocycles. The maximum Gasteiger partial charge on any atom is 0.263 e. The highest BCUT2D eigenvalue weighted by Gasteiger charge is 2.07. The van der Waals surface area contributed by atoms with Crippen molar-refractivity contribution in [2.75, 3.05) is 6.54 Å². The monoisotopic (exact) mass is 383 g/mol. The molecule has 0 saturated carbocycles. The van der Waals surface area contributed by atoms with E-state index in [0.717, 1.165) is 22.0 Å². The first-order valence-corrected chi connectivity index (χ1v) is 8.38. The lowest BCUT2D eigenvalue weighted by atomic mass is 10.1. The molecule has 24 heavy (non-hydrogen) atoms. The lowest BCUT2D eigenvalue weighted by Gasteiger charge is -2.06. The van der Waals surface area contributed by atoms with Gasteiger partial charge in [-0.15, -0.1) is 0 Å². The van der Waals surface area contributed by atoms with Crippen LogP contribution in [0.5, 0.6) is 0 Å². The third-order valence-corrected chi connectivity index (χ3v) is 3.84. The van der Waals surface area contributed by atoms with E-state index in [9.17, 15) is 4.79 Å². The number of nitriles is 1.